The van der Waals surface area contributed by atoms with Gasteiger partial charge in [0.1, 0.15) is 5.78 Å². The van der Waals surface area contributed by atoms with Gasteiger partial charge in [0.15, 0.2) is 0 Å². The third-order valence-corrected chi connectivity index (χ3v) is 8.33. The van der Waals surface area contributed by atoms with E-state index in [-0.39, 0.29) is 5.41 Å². The van der Waals surface area contributed by atoms with E-state index in [4.69, 9.17) is 0 Å². The molecule has 4 saturated carbocycles. The fourth-order valence-electron chi connectivity index (χ4n) is 6.90. The first-order valence-electron chi connectivity index (χ1n) is 9.16. The van der Waals surface area contributed by atoms with E-state index in [0.717, 1.165) is 49.4 Å². The SMILES string of the molecule is CC1(O)CCC2C3CCC4CC(=O)CCC4C3CCC21C. The number of carbonyl (C=O) groups excluding carboxylic acids is 1. The molecule has 0 aromatic heterocycles. The van der Waals surface area contributed by atoms with E-state index in [2.05, 4.69) is 13.8 Å². The Balaban J connectivity index is 1.60. The molecule has 0 saturated heterocycles. The minimum atomic E-state index is -0.456. The standard InChI is InChI=1S/C19H30O2/c1-18-9-7-15-14-6-4-13(20)11-12(14)3-5-16(15)17(18)8-10-19(18,2)21/h12,14-17,21H,3-11H2,1-2H3. The fourth-order valence-corrected chi connectivity index (χ4v) is 6.90. The maximum atomic E-state index is 11.8. The van der Waals surface area contributed by atoms with Crippen LogP contribution in [0.1, 0.15) is 71.6 Å². The van der Waals surface area contributed by atoms with Crippen molar-refractivity contribution >= 4 is 5.78 Å². The number of carbonyl (C=O) groups is 1. The van der Waals surface area contributed by atoms with Crippen LogP contribution in [0, 0.1) is 35.0 Å². The fraction of sp³-hybridized carbons (Fsp3) is 0.947. The van der Waals surface area contributed by atoms with E-state index in [1.807, 2.05) is 0 Å². The largest absolute Gasteiger partial charge is 0.390 e. The molecular weight excluding hydrogens is 260 g/mol. The molecule has 0 spiro atoms. The summed E-state index contributed by atoms with van der Waals surface area (Å²) in [6, 6.07) is 0. The average molecular weight is 290 g/mol. The van der Waals surface area contributed by atoms with Gasteiger partial charge < -0.3 is 5.11 Å². The number of fused-ring (bicyclic) bond motifs is 5. The van der Waals surface area contributed by atoms with E-state index in [1.165, 1.54) is 32.1 Å². The molecule has 21 heavy (non-hydrogen) atoms. The predicted molar refractivity (Wildman–Crippen MR) is 82.7 cm³/mol. The summed E-state index contributed by atoms with van der Waals surface area (Å²) in [5, 5.41) is 10.9. The Morgan fingerprint density at radius 3 is 2.57 bits per heavy atom. The molecule has 4 aliphatic carbocycles. The van der Waals surface area contributed by atoms with E-state index in [9.17, 15) is 9.90 Å². The molecule has 1 N–H and O–H groups in total. The molecule has 2 heteroatoms. The lowest BCUT2D eigenvalue weighted by Gasteiger charge is -2.56. The zero-order chi connectivity index (χ0) is 14.8. The van der Waals surface area contributed by atoms with E-state index in [0.29, 0.717) is 11.7 Å². The van der Waals surface area contributed by atoms with Crippen molar-refractivity contribution in [3.05, 3.63) is 0 Å². The number of hydrogen-bond donors (Lipinski definition) is 1. The van der Waals surface area contributed by atoms with Gasteiger partial charge in [-0.25, -0.2) is 0 Å². The second-order valence-corrected chi connectivity index (χ2v) is 8.99. The lowest BCUT2D eigenvalue weighted by Crippen LogP contribution is -2.52. The second-order valence-electron chi connectivity index (χ2n) is 8.99. The number of Topliss-reactive ketones (excluding diaryl/α,β-unsaturated/α-hetero) is 1. The van der Waals surface area contributed by atoms with Gasteiger partial charge in [-0.1, -0.05) is 6.92 Å². The molecule has 4 rings (SSSR count). The first-order chi connectivity index (χ1) is 9.92. The molecule has 0 amide bonds. The molecule has 0 bridgehead atoms. The van der Waals surface area contributed by atoms with E-state index in [1.54, 1.807) is 0 Å². The van der Waals surface area contributed by atoms with Crippen LogP contribution in [0.4, 0.5) is 0 Å². The molecule has 0 aliphatic heterocycles. The summed E-state index contributed by atoms with van der Waals surface area (Å²) in [5.74, 6) is 4.43. The molecule has 7 unspecified atom stereocenters. The Morgan fingerprint density at radius 1 is 0.952 bits per heavy atom. The van der Waals surface area contributed by atoms with Crippen LogP contribution in [0.15, 0.2) is 0 Å². The monoisotopic (exact) mass is 290 g/mol. The summed E-state index contributed by atoms with van der Waals surface area (Å²) in [5.41, 5.74) is -0.312. The number of rotatable bonds is 0. The van der Waals surface area contributed by atoms with Crippen molar-refractivity contribution in [2.45, 2.75) is 77.2 Å². The molecule has 2 nitrogen and oxygen atoms in total. The minimum Gasteiger partial charge on any atom is -0.390 e. The van der Waals surface area contributed by atoms with Crippen LogP contribution in [0.25, 0.3) is 0 Å². The highest BCUT2D eigenvalue weighted by Gasteiger charge is 2.60. The van der Waals surface area contributed by atoms with Gasteiger partial charge in [-0.2, -0.15) is 0 Å². The average Bonchev–Trinajstić information content (AvgIpc) is 2.69. The van der Waals surface area contributed by atoms with Gasteiger partial charge in [0.2, 0.25) is 0 Å². The zero-order valence-corrected chi connectivity index (χ0v) is 13.6. The molecule has 0 radical (unpaired) electrons. The van der Waals surface area contributed by atoms with Crippen LogP contribution in [0.2, 0.25) is 0 Å². The van der Waals surface area contributed by atoms with Crippen molar-refractivity contribution < 1.29 is 9.90 Å². The van der Waals surface area contributed by atoms with Crippen molar-refractivity contribution in [2.75, 3.05) is 0 Å². The third kappa shape index (κ3) is 1.90. The minimum absolute atomic E-state index is 0.144. The Hall–Kier alpha value is -0.370. The number of ketones is 1. The van der Waals surface area contributed by atoms with Gasteiger partial charge in [-0.05, 0) is 86.9 Å². The summed E-state index contributed by atoms with van der Waals surface area (Å²) in [7, 11) is 0. The maximum absolute atomic E-state index is 11.8. The lowest BCUT2D eigenvalue weighted by molar-refractivity contribution is -0.134. The normalized spacial score (nSPS) is 56.5. The molecule has 0 aromatic rings. The Kier molecular flexibility index (Phi) is 3.10. The Morgan fingerprint density at radius 2 is 1.76 bits per heavy atom. The molecular formula is C19H30O2. The molecule has 118 valence electrons. The molecule has 4 fully saturated rings. The molecule has 0 aromatic carbocycles. The van der Waals surface area contributed by atoms with Crippen LogP contribution < -0.4 is 0 Å². The number of hydrogen-bond acceptors (Lipinski definition) is 2. The first-order valence-corrected chi connectivity index (χ1v) is 9.16. The highest BCUT2D eigenvalue weighted by Crippen LogP contribution is 2.65. The van der Waals surface area contributed by atoms with Crippen LogP contribution in [0.5, 0.6) is 0 Å². The van der Waals surface area contributed by atoms with Crippen LogP contribution in [0.3, 0.4) is 0 Å². The summed E-state index contributed by atoms with van der Waals surface area (Å²) in [4.78, 5) is 11.8. The van der Waals surface area contributed by atoms with Gasteiger partial charge in [0.25, 0.3) is 0 Å². The summed E-state index contributed by atoms with van der Waals surface area (Å²) < 4.78 is 0. The summed E-state index contributed by atoms with van der Waals surface area (Å²) in [6.45, 7) is 4.44. The van der Waals surface area contributed by atoms with Crippen molar-refractivity contribution in [3.8, 4) is 0 Å². The number of aliphatic hydroxyl groups is 1. The van der Waals surface area contributed by atoms with Crippen LogP contribution >= 0.6 is 0 Å². The van der Waals surface area contributed by atoms with Crippen LogP contribution in [-0.4, -0.2) is 16.5 Å². The highest BCUT2D eigenvalue weighted by atomic mass is 16.3. The Labute approximate surface area is 128 Å². The maximum Gasteiger partial charge on any atom is 0.133 e. The van der Waals surface area contributed by atoms with Crippen molar-refractivity contribution in [2.24, 2.45) is 35.0 Å². The van der Waals surface area contributed by atoms with Gasteiger partial charge in [-0.15, -0.1) is 0 Å². The quantitative estimate of drug-likeness (QED) is 0.733. The van der Waals surface area contributed by atoms with Crippen molar-refractivity contribution in [1.82, 2.24) is 0 Å². The van der Waals surface area contributed by atoms with Gasteiger partial charge >= 0.3 is 0 Å². The smallest absolute Gasteiger partial charge is 0.133 e. The molecule has 7 atom stereocenters. The lowest BCUT2D eigenvalue weighted by atomic mass is 9.49. The predicted octanol–water partition coefficient (Wildman–Crippen LogP) is 3.96. The summed E-state index contributed by atoms with van der Waals surface area (Å²) >= 11 is 0. The first kappa shape index (κ1) is 14.2. The highest BCUT2D eigenvalue weighted by molar-refractivity contribution is 5.79. The Bertz CT molecular complexity index is 454. The van der Waals surface area contributed by atoms with Crippen LogP contribution in [-0.2, 0) is 4.79 Å². The summed E-state index contributed by atoms with van der Waals surface area (Å²) in [6.07, 6.45) is 10.2. The van der Waals surface area contributed by atoms with Gasteiger partial charge in [0, 0.05) is 12.8 Å². The topological polar surface area (TPSA) is 37.3 Å². The molecule has 4 aliphatic rings. The molecule has 0 heterocycles. The van der Waals surface area contributed by atoms with Gasteiger partial charge in [-0.3, -0.25) is 4.79 Å². The van der Waals surface area contributed by atoms with Gasteiger partial charge in [0.05, 0.1) is 5.60 Å². The third-order valence-electron chi connectivity index (χ3n) is 8.33. The van der Waals surface area contributed by atoms with Crippen molar-refractivity contribution in [3.63, 3.8) is 0 Å². The zero-order valence-electron chi connectivity index (χ0n) is 13.6. The van der Waals surface area contributed by atoms with E-state index < -0.39 is 5.60 Å². The van der Waals surface area contributed by atoms with Crippen molar-refractivity contribution in [1.29, 1.82) is 0 Å². The second kappa shape index (κ2) is 4.57. The van der Waals surface area contributed by atoms with E-state index >= 15 is 0 Å².